The molecule has 0 unspecified atom stereocenters. The van der Waals surface area contributed by atoms with Crippen LogP contribution in [0.1, 0.15) is 18.2 Å². The Balaban J connectivity index is 2.05. The zero-order chi connectivity index (χ0) is 21.8. The maximum Gasteiger partial charge on any atom is 0.280 e. The van der Waals surface area contributed by atoms with Crippen molar-refractivity contribution < 1.29 is 18.9 Å². The summed E-state index contributed by atoms with van der Waals surface area (Å²) in [6, 6.07) is 10.7. The maximum absolute atomic E-state index is 13.1. The van der Waals surface area contributed by atoms with Gasteiger partial charge in [0.05, 0.1) is 51.1 Å². The molecular formula is C22H25N3O5. The van der Waals surface area contributed by atoms with Gasteiger partial charge in [-0.15, -0.1) is 0 Å². The van der Waals surface area contributed by atoms with E-state index < -0.39 is 0 Å². The molecule has 0 aliphatic heterocycles. The van der Waals surface area contributed by atoms with Crippen LogP contribution < -0.4 is 24.5 Å². The third-order valence-electron chi connectivity index (χ3n) is 4.71. The molecule has 0 bridgehead atoms. The predicted octanol–water partition coefficient (Wildman–Crippen LogP) is 3.65. The number of hydrogen-bond acceptors (Lipinski definition) is 6. The molecule has 0 saturated carbocycles. The summed E-state index contributed by atoms with van der Waals surface area (Å²) < 4.78 is 22.8. The molecule has 0 radical (unpaired) electrons. The molecule has 0 spiro atoms. The van der Waals surface area contributed by atoms with Crippen LogP contribution in [-0.2, 0) is 0 Å². The monoisotopic (exact) mass is 411 g/mol. The Bertz CT molecular complexity index is 1100. The van der Waals surface area contributed by atoms with Gasteiger partial charge in [0, 0.05) is 17.8 Å². The fraction of sp³-hybridized carbons (Fsp3) is 0.273. The molecule has 1 N–H and O–H groups in total. The summed E-state index contributed by atoms with van der Waals surface area (Å²) in [5.74, 6) is 2.18. The van der Waals surface area contributed by atoms with E-state index in [0.717, 1.165) is 5.75 Å². The lowest BCUT2D eigenvalue weighted by atomic mass is 10.1. The standard InChI is InChI=1S/C22H25N3O5/c1-13(23-15-11-18(28-4)21(30-6)19(12-15)29-5)20-14(2)24-25(22(20)26)16-7-9-17(27-3)10-8-16/h7-12,24H,1-6H3. The first-order chi connectivity index (χ1) is 14.4. The van der Waals surface area contributed by atoms with Crippen LogP contribution >= 0.6 is 0 Å². The van der Waals surface area contributed by atoms with E-state index in [-0.39, 0.29) is 5.56 Å². The number of nitrogens with one attached hydrogen (secondary N) is 1. The van der Waals surface area contributed by atoms with Crippen molar-refractivity contribution in [2.24, 2.45) is 4.99 Å². The van der Waals surface area contributed by atoms with Crippen LogP contribution in [0.25, 0.3) is 5.69 Å². The summed E-state index contributed by atoms with van der Waals surface area (Å²) in [6.45, 7) is 3.63. The highest BCUT2D eigenvalue weighted by Crippen LogP contribution is 2.41. The van der Waals surface area contributed by atoms with E-state index in [1.807, 2.05) is 19.1 Å². The van der Waals surface area contributed by atoms with Crippen molar-refractivity contribution in [2.75, 3.05) is 28.4 Å². The molecule has 30 heavy (non-hydrogen) atoms. The van der Waals surface area contributed by atoms with E-state index in [4.69, 9.17) is 18.9 Å². The summed E-state index contributed by atoms with van der Waals surface area (Å²) >= 11 is 0. The van der Waals surface area contributed by atoms with Gasteiger partial charge in [-0.1, -0.05) is 0 Å². The fourth-order valence-corrected chi connectivity index (χ4v) is 3.27. The fourth-order valence-electron chi connectivity index (χ4n) is 3.27. The second-order valence-electron chi connectivity index (χ2n) is 6.53. The summed E-state index contributed by atoms with van der Waals surface area (Å²) in [4.78, 5) is 17.7. The molecule has 3 rings (SSSR count). The van der Waals surface area contributed by atoms with Crippen LogP contribution in [-0.4, -0.2) is 43.9 Å². The number of rotatable bonds is 7. The Labute approximate surface area is 174 Å². The van der Waals surface area contributed by atoms with E-state index in [9.17, 15) is 4.79 Å². The SMILES string of the molecule is COc1ccc(-n2[nH]c(C)c(C(C)=Nc3cc(OC)c(OC)c(OC)c3)c2=O)cc1. The van der Waals surface area contributed by atoms with Gasteiger partial charge in [-0.05, 0) is 38.1 Å². The highest BCUT2D eigenvalue weighted by atomic mass is 16.5. The number of hydrogen-bond donors (Lipinski definition) is 1. The van der Waals surface area contributed by atoms with Crippen molar-refractivity contribution in [2.45, 2.75) is 13.8 Å². The van der Waals surface area contributed by atoms with Crippen molar-refractivity contribution in [3.63, 3.8) is 0 Å². The lowest BCUT2D eigenvalue weighted by Crippen LogP contribution is -2.19. The second-order valence-corrected chi connectivity index (χ2v) is 6.53. The number of methoxy groups -OCH3 is 4. The van der Waals surface area contributed by atoms with E-state index in [2.05, 4.69) is 10.1 Å². The van der Waals surface area contributed by atoms with Crippen LogP contribution in [0.3, 0.4) is 0 Å². The largest absolute Gasteiger partial charge is 0.497 e. The molecule has 3 aromatic rings. The smallest absolute Gasteiger partial charge is 0.280 e. The lowest BCUT2D eigenvalue weighted by Gasteiger charge is -2.12. The number of aliphatic imine (C=N–C) groups is 1. The highest BCUT2D eigenvalue weighted by molar-refractivity contribution is 6.01. The third kappa shape index (κ3) is 3.89. The van der Waals surface area contributed by atoms with Gasteiger partial charge >= 0.3 is 0 Å². The number of ether oxygens (including phenoxy) is 4. The van der Waals surface area contributed by atoms with Gasteiger partial charge in [0.25, 0.3) is 5.56 Å². The summed E-state index contributed by atoms with van der Waals surface area (Å²) in [7, 11) is 6.23. The summed E-state index contributed by atoms with van der Waals surface area (Å²) in [6.07, 6.45) is 0. The number of aryl methyl sites for hydroxylation is 1. The van der Waals surface area contributed by atoms with Crippen molar-refractivity contribution in [3.8, 4) is 28.7 Å². The van der Waals surface area contributed by atoms with Crippen LogP contribution in [0.5, 0.6) is 23.0 Å². The van der Waals surface area contributed by atoms with E-state index in [1.54, 1.807) is 59.6 Å². The minimum absolute atomic E-state index is 0.189. The third-order valence-corrected chi connectivity index (χ3v) is 4.71. The minimum Gasteiger partial charge on any atom is -0.497 e. The molecule has 8 nitrogen and oxygen atoms in total. The van der Waals surface area contributed by atoms with Gasteiger partial charge < -0.3 is 18.9 Å². The molecule has 0 aliphatic rings. The molecule has 0 amide bonds. The molecule has 0 aliphatic carbocycles. The van der Waals surface area contributed by atoms with Gasteiger partial charge in [-0.25, -0.2) is 4.68 Å². The molecular weight excluding hydrogens is 386 g/mol. The molecule has 0 atom stereocenters. The predicted molar refractivity (Wildman–Crippen MR) is 116 cm³/mol. The van der Waals surface area contributed by atoms with Crippen LogP contribution in [0.2, 0.25) is 0 Å². The molecule has 2 aromatic carbocycles. The quantitative estimate of drug-likeness (QED) is 0.600. The van der Waals surface area contributed by atoms with Crippen molar-refractivity contribution in [1.29, 1.82) is 0 Å². The number of aromatic amines is 1. The Morgan fingerprint density at radius 1 is 0.933 bits per heavy atom. The van der Waals surface area contributed by atoms with Crippen molar-refractivity contribution in [1.82, 2.24) is 9.78 Å². The number of H-pyrrole nitrogens is 1. The lowest BCUT2D eigenvalue weighted by molar-refractivity contribution is 0.324. The molecule has 1 aromatic heterocycles. The zero-order valence-corrected chi connectivity index (χ0v) is 17.9. The number of benzene rings is 2. The topological polar surface area (TPSA) is 87.1 Å². The first-order valence-corrected chi connectivity index (χ1v) is 9.25. The van der Waals surface area contributed by atoms with Crippen molar-refractivity contribution in [3.05, 3.63) is 58.0 Å². The number of aromatic nitrogens is 2. The van der Waals surface area contributed by atoms with Gasteiger partial charge in [0.2, 0.25) is 5.75 Å². The van der Waals surface area contributed by atoms with Gasteiger partial charge in [0.1, 0.15) is 5.75 Å². The van der Waals surface area contributed by atoms with Gasteiger partial charge in [0.15, 0.2) is 11.5 Å². The average Bonchev–Trinajstić information content (AvgIpc) is 3.06. The Morgan fingerprint density at radius 2 is 1.53 bits per heavy atom. The average molecular weight is 411 g/mol. The molecule has 158 valence electrons. The first kappa shape index (κ1) is 21.0. The number of nitrogens with zero attached hydrogens (tertiary/aromatic N) is 2. The van der Waals surface area contributed by atoms with Crippen molar-refractivity contribution >= 4 is 11.4 Å². The van der Waals surface area contributed by atoms with Gasteiger partial charge in [-0.2, -0.15) is 0 Å². The normalized spacial score (nSPS) is 11.3. The molecule has 0 saturated heterocycles. The van der Waals surface area contributed by atoms with Crippen LogP contribution in [0.15, 0.2) is 46.2 Å². The van der Waals surface area contributed by atoms with E-state index >= 15 is 0 Å². The molecule has 1 heterocycles. The van der Waals surface area contributed by atoms with E-state index in [1.165, 1.54) is 4.68 Å². The van der Waals surface area contributed by atoms with E-state index in [0.29, 0.717) is 45.6 Å². The second kappa shape index (κ2) is 8.77. The summed E-state index contributed by atoms with van der Waals surface area (Å²) in [5.41, 5.74) is 2.87. The molecule has 8 heteroatoms. The summed E-state index contributed by atoms with van der Waals surface area (Å²) in [5, 5.41) is 3.11. The Kier molecular flexibility index (Phi) is 6.15. The zero-order valence-electron chi connectivity index (χ0n) is 17.9. The highest BCUT2D eigenvalue weighted by Gasteiger charge is 2.17. The Hall–Kier alpha value is -3.68. The molecule has 0 fully saturated rings. The maximum atomic E-state index is 13.1. The Morgan fingerprint density at radius 3 is 2.03 bits per heavy atom. The van der Waals surface area contributed by atoms with Gasteiger partial charge in [-0.3, -0.25) is 14.9 Å². The van der Waals surface area contributed by atoms with Crippen LogP contribution in [0, 0.1) is 6.92 Å². The first-order valence-electron chi connectivity index (χ1n) is 9.25. The van der Waals surface area contributed by atoms with Crippen LogP contribution in [0.4, 0.5) is 5.69 Å². The minimum atomic E-state index is -0.189.